The zero-order valence-corrected chi connectivity index (χ0v) is 17.0. The Balaban J connectivity index is 0.00000484. The van der Waals surface area contributed by atoms with Crippen LogP contribution in [0, 0.1) is 5.92 Å². The summed E-state index contributed by atoms with van der Waals surface area (Å²) in [4.78, 5) is 17.5. The minimum atomic E-state index is 0. The zero-order valence-electron chi connectivity index (χ0n) is 14.6. The molecule has 1 aliphatic carbocycles. The molecule has 23 heavy (non-hydrogen) atoms. The van der Waals surface area contributed by atoms with Crippen molar-refractivity contribution in [2.75, 3.05) is 33.7 Å². The number of halogens is 1. The molecule has 0 aliphatic heterocycles. The number of nitrogens with zero attached hydrogens (tertiary/aromatic N) is 2. The molecule has 0 atom stereocenters. The summed E-state index contributed by atoms with van der Waals surface area (Å²) in [6.07, 6.45) is 11.2. The third-order valence-corrected chi connectivity index (χ3v) is 4.09. The van der Waals surface area contributed by atoms with Crippen LogP contribution in [0.25, 0.3) is 0 Å². The summed E-state index contributed by atoms with van der Waals surface area (Å²) in [6.45, 7) is 5.40. The Morgan fingerprint density at radius 1 is 1.26 bits per heavy atom. The molecule has 0 unspecified atom stereocenters. The van der Waals surface area contributed by atoms with Crippen molar-refractivity contribution in [3.8, 4) is 0 Å². The van der Waals surface area contributed by atoms with E-state index < -0.39 is 0 Å². The number of rotatable bonds is 8. The topological polar surface area (TPSA) is 56.7 Å². The second-order valence-electron chi connectivity index (χ2n) is 6.20. The number of aliphatic imine (C=N–C) groups is 1. The highest BCUT2D eigenvalue weighted by molar-refractivity contribution is 14.0. The van der Waals surface area contributed by atoms with Crippen molar-refractivity contribution in [2.24, 2.45) is 10.9 Å². The zero-order chi connectivity index (χ0) is 16.2. The third-order valence-electron chi connectivity index (χ3n) is 4.09. The fraction of sp³-hybridized carbons (Fsp3) is 0.765. The highest BCUT2D eigenvalue weighted by Gasteiger charge is 2.12. The van der Waals surface area contributed by atoms with Crippen molar-refractivity contribution >= 4 is 35.8 Å². The van der Waals surface area contributed by atoms with E-state index in [1.54, 1.807) is 25.1 Å². The van der Waals surface area contributed by atoms with Gasteiger partial charge in [0.15, 0.2) is 5.96 Å². The van der Waals surface area contributed by atoms with Gasteiger partial charge in [0.1, 0.15) is 6.54 Å². The van der Waals surface area contributed by atoms with Gasteiger partial charge in [0.25, 0.3) is 0 Å². The Morgan fingerprint density at radius 3 is 2.57 bits per heavy atom. The molecule has 5 nitrogen and oxygen atoms in total. The molecule has 1 aliphatic rings. The van der Waals surface area contributed by atoms with E-state index in [1.807, 2.05) is 0 Å². The number of amides is 1. The first-order valence-corrected chi connectivity index (χ1v) is 8.46. The van der Waals surface area contributed by atoms with Crippen molar-refractivity contribution in [3.05, 3.63) is 12.7 Å². The van der Waals surface area contributed by atoms with Gasteiger partial charge in [0.05, 0.1) is 0 Å². The summed E-state index contributed by atoms with van der Waals surface area (Å²) < 4.78 is 0. The predicted molar refractivity (Wildman–Crippen MR) is 108 cm³/mol. The molecule has 0 aromatic carbocycles. The maximum Gasteiger partial charge on any atom is 0.243 e. The second-order valence-corrected chi connectivity index (χ2v) is 6.20. The lowest BCUT2D eigenvalue weighted by Crippen LogP contribution is -2.39. The van der Waals surface area contributed by atoms with Gasteiger partial charge in [0, 0.05) is 27.2 Å². The van der Waals surface area contributed by atoms with E-state index in [4.69, 9.17) is 0 Å². The Morgan fingerprint density at radius 2 is 1.96 bits per heavy atom. The summed E-state index contributed by atoms with van der Waals surface area (Å²) in [5.41, 5.74) is 0. The van der Waals surface area contributed by atoms with Crippen LogP contribution in [0.4, 0.5) is 0 Å². The highest BCUT2D eigenvalue weighted by Crippen LogP contribution is 2.26. The molecule has 1 saturated carbocycles. The predicted octanol–water partition coefficient (Wildman–Crippen LogP) is 2.77. The van der Waals surface area contributed by atoms with E-state index in [9.17, 15) is 4.79 Å². The molecule has 1 rings (SSSR count). The van der Waals surface area contributed by atoms with Crippen molar-refractivity contribution in [2.45, 2.75) is 44.9 Å². The van der Waals surface area contributed by atoms with Gasteiger partial charge in [-0.15, -0.1) is 30.6 Å². The van der Waals surface area contributed by atoms with Crippen molar-refractivity contribution < 1.29 is 4.79 Å². The van der Waals surface area contributed by atoms with Crippen LogP contribution in [-0.4, -0.2) is 50.5 Å². The van der Waals surface area contributed by atoms with Gasteiger partial charge >= 0.3 is 0 Å². The Kier molecular flexibility index (Phi) is 13.2. The van der Waals surface area contributed by atoms with Crippen molar-refractivity contribution in [1.82, 2.24) is 15.5 Å². The fourth-order valence-electron chi connectivity index (χ4n) is 2.70. The summed E-state index contributed by atoms with van der Waals surface area (Å²) in [6, 6.07) is 0. The molecule has 0 aromatic heterocycles. The van der Waals surface area contributed by atoms with E-state index in [0.29, 0.717) is 12.5 Å². The molecule has 6 heteroatoms. The van der Waals surface area contributed by atoms with Crippen LogP contribution in [0.3, 0.4) is 0 Å². The first-order chi connectivity index (χ1) is 10.6. The number of guanidine groups is 1. The summed E-state index contributed by atoms with van der Waals surface area (Å²) >= 11 is 0. The van der Waals surface area contributed by atoms with Gasteiger partial charge in [-0.2, -0.15) is 0 Å². The molecule has 0 bridgehead atoms. The maximum absolute atomic E-state index is 11.6. The first-order valence-electron chi connectivity index (χ1n) is 8.46. The number of likely N-dealkylation sites (N-methyl/N-ethyl adjacent to an activating group) is 1. The van der Waals surface area contributed by atoms with Crippen LogP contribution in [0.15, 0.2) is 17.6 Å². The lowest BCUT2D eigenvalue weighted by atomic mass is 9.86. The van der Waals surface area contributed by atoms with Crippen molar-refractivity contribution in [3.63, 3.8) is 0 Å². The lowest BCUT2D eigenvalue weighted by Gasteiger charge is -2.21. The van der Waals surface area contributed by atoms with Gasteiger partial charge in [-0.05, 0) is 18.8 Å². The normalized spacial score (nSPS) is 15.5. The molecular formula is C17H33IN4O. The van der Waals surface area contributed by atoms with E-state index >= 15 is 0 Å². The van der Waals surface area contributed by atoms with Crippen LogP contribution in [0.1, 0.15) is 44.9 Å². The maximum atomic E-state index is 11.6. The van der Waals surface area contributed by atoms with Gasteiger partial charge in [0.2, 0.25) is 5.91 Å². The fourth-order valence-corrected chi connectivity index (χ4v) is 2.70. The van der Waals surface area contributed by atoms with Gasteiger partial charge in [-0.3, -0.25) is 4.79 Å². The second kappa shape index (κ2) is 13.6. The molecule has 134 valence electrons. The van der Waals surface area contributed by atoms with E-state index in [1.165, 1.54) is 38.5 Å². The summed E-state index contributed by atoms with van der Waals surface area (Å²) in [5, 5.41) is 6.46. The molecular weight excluding hydrogens is 403 g/mol. The lowest BCUT2D eigenvalue weighted by molar-refractivity contribution is -0.127. The monoisotopic (exact) mass is 436 g/mol. The molecule has 1 amide bonds. The molecule has 0 spiro atoms. The van der Waals surface area contributed by atoms with E-state index in [0.717, 1.165) is 18.9 Å². The molecule has 0 saturated heterocycles. The quantitative estimate of drug-likeness (QED) is 0.202. The third kappa shape index (κ3) is 10.6. The Bertz CT molecular complexity index is 366. The SMILES string of the molecule is C=CCNC(=NCC(=O)N(C)C)NCCCC1CCCCC1.I. The van der Waals surface area contributed by atoms with Crippen LogP contribution in [0.2, 0.25) is 0 Å². The van der Waals surface area contributed by atoms with E-state index in [2.05, 4.69) is 22.2 Å². The van der Waals surface area contributed by atoms with Crippen LogP contribution in [-0.2, 0) is 4.79 Å². The Labute approximate surface area is 158 Å². The molecule has 1 fully saturated rings. The smallest absolute Gasteiger partial charge is 0.243 e. The van der Waals surface area contributed by atoms with E-state index in [-0.39, 0.29) is 36.4 Å². The number of hydrogen-bond acceptors (Lipinski definition) is 2. The molecule has 2 N–H and O–H groups in total. The average Bonchev–Trinajstić information content (AvgIpc) is 2.53. The van der Waals surface area contributed by atoms with Gasteiger partial charge < -0.3 is 15.5 Å². The van der Waals surface area contributed by atoms with Crippen LogP contribution in [0.5, 0.6) is 0 Å². The number of carbonyl (C=O) groups excluding carboxylic acids is 1. The highest BCUT2D eigenvalue weighted by atomic mass is 127. The molecule has 0 aromatic rings. The standard InChI is InChI=1S/C17H32N4O.HI/c1-4-12-18-17(20-14-16(22)21(2)3)19-13-8-11-15-9-6-5-7-10-15;/h4,15H,1,5-14H2,2-3H3,(H2,18,19,20);1H. The largest absolute Gasteiger partial charge is 0.356 e. The Hall–Kier alpha value is -0.790. The minimum Gasteiger partial charge on any atom is -0.356 e. The molecule has 0 heterocycles. The van der Waals surface area contributed by atoms with Crippen LogP contribution < -0.4 is 10.6 Å². The van der Waals surface area contributed by atoms with Gasteiger partial charge in [-0.25, -0.2) is 4.99 Å². The summed E-state index contributed by atoms with van der Waals surface area (Å²) in [5.74, 6) is 1.60. The van der Waals surface area contributed by atoms with Crippen LogP contribution >= 0.6 is 24.0 Å². The minimum absolute atomic E-state index is 0. The molecule has 0 radical (unpaired) electrons. The number of nitrogens with one attached hydrogen (secondary N) is 2. The van der Waals surface area contributed by atoms with Gasteiger partial charge in [-0.1, -0.05) is 38.2 Å². The number of carbonyl (C=O) groups is 1. The first kappa shape index (κ1) is 22.2. The average molecular weight is 436 g/mol. The number of hydrogen-bond donors (Lipinski definition) is 2. The van der Waals surface area contributed by atoms with Crippen molar-refractivity contribution in [1.29, 1.82) is 0 Å². The summed E-state index contributed by atoms with van der Waals surface area (Å²) in [7, 11) is 3.48.